The summed E-state index contributed by atoms with van der Waals surface area (Å²) in [5, 5.41) is 0. The number of hydrogen-bond donors (Lipinski definition) is 1. The maximum absolute atomic E-state index is 12.4. The second-order valence-corrected chi connectivity index (χ2v) is 5.52. The number of imidazole rings is 1. The summed E-state index contributed by atoms with van der Waals surface area (Å²) in [5.41, 5.74) is 1.60. The number of H-pyrrole nitrogens is 1. The molecule has 1 aromatic carbocycles. The maximum Gasteiger partial charge on any atom is 0.331 e. The molecule has 0 unspecified atom stereocenters. The highest BCUT2D eigenvalue weighted by Crippen LogP contribution is 2.39. The minimum absolute atomic E-state index is 0.289. The number of pyridine rings is 1. The van der Waals surface area contributed by atoms with E-state index in [1.54, 1.807) is 24.5 Å². The third-order valence-electron chi connectivity index (χ3n) is 3.45. The van der Waals surface area contributed by atoms with Gasteiger partial charge < -0.3 is 19.2 Å². The van der Waals surface area contributed by atoms with Crippen molar-refractivity contribution in [3.05, 3.63) is 39.5 Å². The van der Waals surface area contributed by atoms with Crippen LogP contribution in [0.3, 0.4) is 0 Å². The predicted molar refractivity (Wildman–Crippen MR) is 89.0 cm³/mol. The predicted octanol–water partition coefficient (Wildman–Crippen LogP) is 2.50. The van der Waals surface area contributed by atoms with Crippen molar-refractivity contribution in [3.8, 4) is 22.9 Å². The van der Waals surface area contributed by atoms with Gasteiger partial charge in [-0.3, -0.25) is 9.55 Å². The minimum Gasteiger partial charge on any atom is -0.493 e. The molecular formula is C15H14BrN3O4. The molecule has 0 saturated carbocycles. The lowest BCUT2D eigenvalue weighted by molar-refractivity contribution is 0.324. The van der Waals surface area contributed by atoms with Gasteiger partial charge in [0.15, 0.2) is 11.5 Å². The number of nitrogens with one attached hydrogen (secondary N) is 1. The van der Waals surface area contributed by atoms with Gasteiger partial charge in [0.2, 0.25) is 5.75 Å². The first-order valence-corrected chi connectivity index (χ1v) is 7.44. The third kappa shape index (κ3) is 2.44. The van der Waals surface area contributed by atoms with Crippen LogP contribution in [-0.4, -0.2) is 35.9 Å². The maximum atomic E-state index is 12.4. The van der Waals surface area contributed by atoms with Gasteiger partial charge in [-0.1, -0.05) is 0 Å². The molecule has 0 spiro atoms. The number of ether oxygens (including phenoxy) is 3. The number of halogens is 1. The molecule has 2 heterocycles. The first kappa shape index (κ1) is 15.4. The highest BCUT2D eigenvalue weighted by atomic mass is 79.9. The Bertz CT molecular complexity index is 907. The summed E-state index contributed by atoms with van der Waals surface area (Å²) in [6.45, 7) is 0. The van der Waals surface area contributed by atoms with Gasteiger partial charge in [-0.05, 0) is 15.9 Å². The van der Waals surface area contributed by atoms with Gasteiger partial charge in [-0.25, -0.2) is 4.79 Å². The number of aromatic nitrogens is 3. The molecule has 0 amide bonds. The molecule has 0 aliphatic heterocycles. The van der Waals surface area contributed by atoms with Crippen molar-refractivity contribution in [1.82, 2.24) is 14.5 Å². The number of fused-ring (bicyclic) bond motifs is 1. The lowest BCUT2D eigenvalue weighted by atomic mass is 10.2. The molecule has 0 atom stereocenters. The zero-order valence-corrected chi connectivity index (χ0v) is 14.3. The monoisotopic (exact) mass is 379 g/mol. The van der Waals surface area contributed by atoms with Crippen molar-refractivity contribution in [2.75, 3.05) is 21.3 Å². The second kappa shape index (κ2) is 5.96. The molecule has 0 radical (unpaired) electrons. The van der Waals surface area contributed by atoms with Crippen LogP contribution < -0.4 is 19.9 Å². The molecule has 0 aliphatic carbocycles. The number of hydrogen-bond acceptors (Lipinski definition) is 5. The van der Waals surface area contributed by atoms with E-state index < -0.39 is 0 Å². The molecule has 3 rings (SSSR count). The third-order valence-corrected chi connectivity index (χ3v) is 4.03. The van der Waals surface area contributed by atoms with Crippen molar-refractivity contribution in [2.24, 2.45) is 0 Å². The summed E-state index contributed by atoms with van der Waals surface area (Å²) in [5.74, 6) is 1.40. The summed E-state index contributed by atoms with van der Waals surface area (Å²) in [7, 11) is 4.58. The SMILES string of the molecule is COc1cc(-n2c(=O)[nH]c3cncc(Br)c32)cc(OC)c1OC. The van der Waals surface area contributed by atoms with E-state index in [2.05, 4.69) is 25.9 Å². The lowest BCUT2D eigenvalue weighted by Crippen LogP contribution is -2.15. The fourth-order valence-electron chi connectivity index (χ4n) is 2.46. The van der Waals surface area contributed by atoms with Crippen LogP contribution in [0.1, 0.15) is 0 Å². The molecular weight excluding hydrogens is 366 g/mol. The van der Waals surface area contributed by atoms with Crippen LogP contribution in [0.5, 0.6) is 17.2 Å². The van der Waals surface area contributed by atoms with Crippen LogP contribution >= 0.6 is 15.9 Å². The van der Waals surface area contributed by atoms with Gasteiger partial charge in [0, 0.05) is 18.3 Å². The first-order chi connectivity index (χ1) is 11.1. The van der Waals surface area contributed by atoms with Crippen LogP contribution in [0.15, 0.2) is 33.8 Å². The Morgan fingerprint density at radius 2 is 1.74 bits per heavy atom. The molecule has 23 heavy (non-hydrogen) atoms. The van der Waals surface area contributed by atoms with Crippen molar-refractivity contribution in [3.63, 3.8) is 0 Å². The molecule has 0 fully saturated rings. The second-order valence-electron chi connectivity index (χ2n) is 4.67. The topological polar surface area (TPSA) is 78.4 Å². The number of methoxy groups -OCH3 is 3. The molecule has 0 bridgehead atoms. The Morgan fingerprint density at radius 3 is 2.30 bits per heavy atom. The van der Waals surface area contributed by atoms with E-state index in [4.69, 9.17) is 14.2 Å². The number of nitrogens with zero attached hydrogens (tertiary/aromatic N) is 2. The summed E-state index contributed by atoms with van der Waals surface area (Å²) in [6, 6.07) is 3.42. The highest BCUT2D eigenvalue weighted by molar-refractivity contribution is 9.10. The van der Waals surface area contributed by atoms with Gasteiger partial charge in [0.1, 0.15) is 0 Å². The van der Waals surface area contributed by atoms with Crippen LogP contribution in [0.25, 0.3) is 16.7 Å². The molecule has 3 aromatic rings. The van der Waals surface area contributed by atoms with Crippen LogP contribution in [0, 0.1) is 0 Å². The van der Waals surface area contributed by atoms with E-state index in [9.17, 15) is 4.79 Å². The molecule has 2 aromatic heterocycles. The number of aromatic amines is 1. The van der Waals surface area contributed by atoms with Crippen molar-refractivity contribution in [1.29, 1.82) is 0 Å². The molecule has 120 valence electrons. The summed E-state index contributed by atoms with van der Waals surface area (Å²) >= 11 is 3.43. The minimum atomic E-state index is -0.289. The van der Waals surface area contributed by atoms with Crippen molar-refractivity contribution in [2.45, 2.75) is 0 Å². The van der Waals surface area contributed by atoms with E-state index >= 15 is 0 Å². The van der Waals surface area contributed by atoms with E-state index in [1.807, 2.05) is 0 Å². The van der Waals surface area contributed by atoms with Crippen molar-refractivity contribution < 1.29 is 14.2 Å². The summed E-state index contributed by atoms with van der Waals surface area (Å²) in [4.78, 5) is 19.2. The Hall–Kier alpha value is -2.48. The summed E-state index contributed by atoms with van der Waals surface area (Å²) in [6.07, 6.45) is 3.22. The van der Waals surface area contributed by atoms with Gasteiger partial charge in [-0.15, -0.1) is 0 Å². The fraction of sp³-hybridized carbons (Fsp3) is 0.200. The zero-order valence-electron chi connectivity index (χ0n) is 12.7. The summed E-state index contributed by atoms with van der Waals surface area (Å²) < 4.78 is 18.2. The van der Waals surface area contributed by atoms with Gasteiger partial charge >= 0.3 is 5.69 Å². The normalized spacial score (nSPS) is 10.8. The molecule has 1 N–H and O–H groups in total. The lowest BCUT2D eigenvalue weighted by Gasteiger charge is -2.14. The van der Waals surface area contributed by atoms with Crippen LogP contribution in [-0.2, 0) is 0 Å². The van der Waals surface area contributed by atoms with E-state index in [0.717, 1.165) is 0 Å². The average Bonchev–Trinajstić information content (AvgIpc) is 2.90. The average molecular weight is 380 g/mol. The fourth-order valence-corrected chi connectivity index (χ4v) is 2.97. The Balaban J connectivity index is 2.36. The first-order valence-electron chi connectivity index (χ1n) is 6.65. The van der Waals surface area contributed by atoms with Crippen LogP contribution in [0.4, 0.5) is 0 Å². The van der Waals surface area contributed by atoms with Gasteiger partial charge in [0.25, 0.3) is 0 Å². The Kier molecular flexibility index (Phi) is 3.99. The largest absolute Gasteiger partial charge is 0.493 e. The van der Waals surface area contributed by atoms with Crippen molar-refractivity contribution >= 4 is 27.0 Å². The van der Waals surface area contributed by atoms with E-state index in [1.165, 1.54) is 25.9 Å². The van der Waals surface area contributed by atoms with Gasteiger partial charge in [-0.2, -0.15) is 0 Å². The molecule has 0 aliphatic rings. The van der Waals surface area contributed by atoms with E-state index in [0.29, 0.717) is 38.4 Å². The standard InChI is InChI=1S/C15H14BrN3O4/c1-21-11-4-8(5-12(22-2)14(11)23-3)19-13-9(16)6-17-7-10(13)18-15(19)20/h4-7H,1-3H3,(H,18,20). The number of rotatable bonds is 4. The zero-order chi connectivity index (χ0) is 16.6. The Morgan fingerprint density at radius 1 is 1.09 bits per heavy atom. The van der Waals surface area contributed by atoms with E-state index in [-0.39, 0.29) is 5.69 Å². The molecule has 0 saturated heterocycles. The number of benzene rings is 1. The quantitative estimate of drug-likeness (QED) is 0.753. The highest BCUT2D eigenvalue weighted by Gasteiger charge is 2.18. The molecule has 8 heteroatoms. The Labute approximate surface area is 139 Å². The van der Waals surface area contributed by atoms with Gasteiger partial charge in [0.05, 0.1) is 48.7 Å². The van der Waals surface area contributed by atoms with Crippen LogP contribution in [0.2, 0.25) is 0 Å². The smallest absolute Gasteiger partial charge is 0.331 e. The molecule has 7 nitrogen and oxygen atoms in total.